The van der Waals surface area contributed by atoms with Gasteiger partial charge in [0.15, 0.2) is 6.61 Å². The Bertz CT molecular complexity index is 935. The van der Waals surface area contributed by atoms with Crippen LogP contribution in [0.15, 0.2) is 24.3 Å². The molecule has 8 heteroatoms. The Morgan fingerprint density at radius 3 is 2.62 bits per heavy atom. The van der Waals surface area contributed by atoms with Gasteiger partial charge in [-0.25, -0.2) is 4.79 Å². The van der Waals surface area contributed by atoms with Crippen LogP contribution >= 0.6 is 11.3 Å². The number of fused-ring (bicyclic) bond motifs is 1. The Balaban J connectivity index is 1.79. The van der Waals surface area contributed by atoms with E-state index in [1.807, 2.05) is 31.2 Å². The van der Waals surface area contributed by atoms with Gasteiger partial charge in [-0.3, -0.25) is 9.59 Å². The molecule has 0 bridgehead atoms. The lowest BCUT2D eigenvalue weighted by atomic mass is 9.99. The third-order valence-electron chi connectivity index (χ3n) is 4.87. The Hall–Kier alpha value is -2.87. The maximum atomic E-state index is 12.5. The molecule has 0 saturated heterocycles. The average molecular weight is 417 g/mol. The normalized spacial score (nSPS) is 14.8. The first-order valence-electron chi connectivity index (χ1n) is 9.32. The fourth-order valence-electron chi connectivity index (χ4n) is 3.48. The maximum Gasteiger partial charge on any atom is 0.341 e. The number of amides is 1. The second-order valence-electron chi connectivity index (χ2n) is 6.55. The molecule has 0 fully saturated rings. The monoisotopic (exact) mass is 417 g/mol. The van der Waals surface area contributed by atoms with Crippen LogP contribution in [0.2, 0.25) is 0 Å². The van der Waals surface area contributed by atoms with Gasteiger partial charge in [0.1, 0.15) is 10.8 Å². The fourth-order valence-corrected chi connectivity index (χ4v) is 4.76. The van der Waals surface area contributed by atoms with Crippen molar-refractivity contribution in [1.82, 2.24) is 0 Å². The maximum absolute atomic E-state index is 12.5. The Kier molecular flexibility index (Phi) is 6.53. The highest BCUT2D eigenvalue weighted by Gasteiger charge is 2.38. The van der Waals surface area contributed by atoms with Crippen LogP contribution in [0.25, 0.3) is 0 Å². The van der Waals surface area contributed by atoms with Gasteiger partial charge in [0.25, 0.3) is 5.91 Å². The number of esters is 2. The molecule has 3 rings (SSSR count). The van der Waals surface area contributed by atoms with E-state index < -0.39 is 23.8 Å². The molecule has 0 spiro atoms. The zero-order chi connectivity index (χ0) is 21.0. The lowest BCUT2D eigenvalue weighted by Crippen LogP contribution is -2.22. The number of hydrogen-bond donors (Lipinski definition) is 1. The largest absolute Gasteiger partial charge is 0.483 e. The number of nitrogens with one attached hydrogen (secondary N) is 1. The predicted molar refractivity (Wildman–Crippen MR) is 109 cm³/mol. The summed E-state index contributed by atoms with van der Waals surface area (Å²) in [5.41, 5.74) is 1.83. The average Bonchev–Trinajstić information content (AvgIpc) is 3.30. The van der Waals surface area contributed by atoms with E-state index in [1.165, 1.54) is 25.6 Å². The van der Waals surface area contributed by atoms with Crippen molar-refractivity contribution in [2.24, 2.45) is 0 Å². The molecule has 1 aromatic carbocycles. The van der Waals surface area contributed by atoms with Crippen molar-refractivity contribution in [3.8, 4) is 5.75 Å². The van der Waals surface area contributed by atoms with Gasteiger partial charge in [-0.05, 0) is 36.5 Å². The molecule has 1 aromatic heterocycles. The van der Waals surface area contributed by atoms with E-state index in [4.69, 9.17) is 14.2 Å². The van der Waals surface area contributed by atoms with Crippen LogP contribution in [0, 0.1) is 0 Å². The zero-order valence-electron chi connectivity index (χ0n) is 16.6. The van der Waals surface area contributed by atoms with Gasteiger partial charge in [0.2, 0.25) is 0 Å². The molecule has 0 aliphatic heterocycles. The van der Waals surface area contributed by atoms with E-state index in [0.29, 0.717) is 29.2 Å². The third kappa shape index (κ3) is 4.27. The van der Waals surface area contributed by atoms with Crippen LogP contribution < -0.4 is 10.1 Å². The van der Waals surface area contributed by atoms with Gasteiger partial charge in [-0.2, -0.15) is 0 Å². The van der Waals surface area contributed by atoms with Crippen molar-refractivity contribution in [2.45, 2.75) is 32.1 Å². The first kappa shape index (κ1) is 20.9. The van der Waals surface area contributed by atoms with E-state index in [9.17, 15) is 14.4 Å². The summed E-state index contributed by atoms with van der Waals surface area (Å²) in [5.74, 6) is -1.26. The van der Waals surface area contributed by atoms with Crippen molar-refractivity contribution >= 4 is 34.2 Å². The number of aryl methyl sites for hydroxylation is 2. The number of carbonyl (C=O) groups excluding carboxylic acids is 3. The van der Waals surface area contributed by atoms with E-state index in [0.717, 1.165) is 16.9 Å². The third-order valence-corrected chi connectivity index (χ3v) is 6.05. The van der Waals surface area contributed by atoms with Gasteiger partial charge in [-0.15, -0.1) is 11.3 Å². The van der Waals surface area contributed by atoms with Crippen molar-refractivity contribution in [3.63, 3.8) is 0 Å². The van der Waals surface area contributed by atoms with E-state index >= 15 is 0 Å². The second kappa shape index (κ2) is 9.09. The fraction of sp³-hybridized carbons (Fsp3) is 0.381. The number of carbonyl (C=O) groups is 3. The van der Waals surface area contributed by atoms with Crippen LogP contribution in [-0.2, 0) is 31.9 Å². The molecule has 1 aliphatic rings. The Morgan fingerprint density at radius 1 is 1.17 bits per heavy atom. The minimum atomic E-state index is -0.592. The Morgan fingerprint density at radius 2 is 1.93 bits per heavy atom. The zero-order valence-corrected chi connectivity index (χ0v) is 17.4. The van der Waals surface area contributed by atoms with Gasteiger partial charge in [-0.1, -0.05) is 25.1 Å². The van der Waals surface area contributed by atoms with E-state index in [2.05, 4.69) is 5.32 Å². The van der Waals surface area contributed by atoms with Crippen LogP contribution in [0.3, 0.4) is 0 Å². The molecule has 154 valence electrons. The molecule has 0 radical (unpaired) electrons. The number of benzene rings is 1. The molecule has 7 nitrogen and oxygen atoms in total. The summed E-state index contributed by atoms with van der Waals surface area (Å²) in [5, 5.41) is 3.11. The lowest BCUT2D eigenvalue weighted by Gasteiger charge is -2.12. The highest BCUT2D eigenvalue weighted by Crippen LogP contribution is 2.45. The molecule has 1 unspecified atom stereocenters. The van der Waals surface area contributed by atoms with Crippen molar-refractivity contribution in [1.29, 1.82) is 0 Å². The SMILES string of the molecule is CCc1ccccc1OCC(=O)Nc1sc2c(c1C(=O)OC)C(C(=O)OC)CC2. The number of ether oxygens (including phenoxy) is 3. The molecule has 0 saturated carbocycles. The minimum Gasteiger partial charge on any atom is -0.483 e. The predicted octanol–water partition coefficient (Wildman–Crippen LogP) is 3.32. The molecular weight excluding hydrogens is 394 g/mol. The standard InChI is InChI=1S/C21H23NO6S/c1-4-12-7-5-6-8-14(12)28-11-16(23)22-19-18(21(25)27-3)17-13(20(24)26-2)9-10-15(17)29-19/h5-8,13H,4,9-11H2,1-3H3,(H,22,23). The molecule has 29 heavy (non-hydrogen) atoms. The molecule has 1 aliphatic carbocycles. The number of hydrogen-bond acceptors (Lipinski definition) is 7. The molecule has 2 aromatic rings. The lowest BCUT2D eigenvalue weighted by molar-refractivity contribution is -0.142. The van der Waals surface area contributed by atoms with Crippen molar-refractivity contribution in [2.75, 3.05) is 26.1 Å². The van der Waals surface area contributed by atoms with Crippen LogP contribution in [0.1, 0.15) is 45.6 Å². The topological polar surface area (TPSA) is 90.9 Å². The number of para-hydroxylation sites is 1. The summed E-state index contributed by atoms with van der Waals surface area (Å²) >= 11 is 1.29. The number of methoxy groups -OCH3 is 2. The van der Waals surface area contributed by atoms with Crippen LogP contribution in [0.5, 0.6) is 5.75 Å². The highest BCUT2D eigenvalue weighted by molar-refractivity contribution is 7.17. The summed E-state index contributed by atoms with van der Waals surface area (Å²) in [7, 11) is 2.59. The van der Waals surface area contributed by atoms with Gasteiger partial charge >= 0.3 is 11.9 Å². The molecular formula is C21H23NO6S. The highest BCUT2D eigenvalue weighted by atomic mass is 32.1. The first-order chi connectivity index (χ1) is 14.0. The van der Waals surface area contributed by atoms with Crippen LogP contribution in [0.4, 0.5) is 5.00 Å². The summed E-state index contributed by atoms with van der Waals surface area (Å²) in [6.07, 6.45) is 2.00. The van der Waals surface area contributed by atoms with Gasteiger partial charge < -0.3 is 19.5 Å². The summed E-state index contributed by atoms with van der Waals surface area (Å²) in [6, 6.07) is 7.52. The number of anilines is 1. The van der Waals surface area contributed by atoms with Crippen molar-refractivity contribution < 1.29 is 28.6 Å². The molecule has 1 atom stereocenters. The minimum absolute atomic E-state index is 0.194. The first-order valence-corrected chi connectivity index (χ1v) is 10.1. The summed E-state index contributed by atoms with van der Waals surface area (Å²) in [4.78, 5) is 37.9. The number of rotatable bonds is 7. The van der Waals surface area contributed by atoms with Crippen LogP contribution in [-0.4, -0.2) is 38.7 Å². The molecule has 1 heterocycles. The quantitative estimate of drug-likeness (QED) is 0.695. The Labute approximate surface area is 173 Å². The van der Waals surface area contributed by atoms with E-state index in [1.54, 1.807) is 0 Å². The molecule has 1 amide bonds. The number of thiophene rings is 1. The summed E-state index contributed by atoms with van der Waals surface area (Å²) in [6.45, 7) is 1.82. The van der Waals surface area contributed by atoms with Gasteiger partial charge in [0, 0.05) is 4.88 Å². The molecule has 1 N–H and O–H groups in total. The second-order valence-corrected chi connectivity index (χ2v) is 7.65. The smallest absolute Gasteiger partial charge is 0.341 e. The van der Waals surface area contributed by atoms with Gasteiger partial charge in [0.05, 0.1) is 25.7 Å². The summed E-state index contributed by atoms with van der Waals surface area (Å²) < 4.78 is 15.4. The van der Waals surface area contributed by atoms with Crippen molar-refractivity contribution in [3.05, 3.63) is 45.8 Å². The van der Waals surface area contributed by atoms with E-state index in [-0.39, 0.29) is 12.2 Å².